The number of para-hydroxylation sites is 3. The second kappa shape index (κ2) is 12.5. The summed E-state index contributed by atoms with van der Waals surface area (Å²) in [6, 6.07) is 17.6. The fourth-order valence-corrected chi connectivity index (χ4v) is 3.17. The molecule has 2 aromatic carbocycles. The number of alkyl halides is 1. The van der Waals surface area contributed by atoms with Crippen LogP contribution in [0.1, 0.15) is 35.2 Å². The van der Waals surface area contributed by atoms with E-state index in [-0.39, 0.29) is 12.2 Å². The van der Waals surface area contributed by atoms with E-state index in [4.69, 9.17) is 21.1 Å². The predicted octanol–water partition coefficient (Wildman–Crippen LogP) is 5.27. The van der Waals surface area contributed by atoms with Gasteiger partial charge in [0.15, 0.2) is 0 Å². The number of ketones is 1. The molecule has 7 heteroatoms. The van der Waals surface area contributed by atoms with E-state index in [9.17, 15) is 9.59 Å². The monoisotopic (exact) mass is 452 g/mol. The van der Waals surface area contributed by atoms with E-state index >= 15 is 0 Å². The molecule has 166 valence electrons. The van der Waals surface area contributed by atoms with Crippen LogP contribution in [0.15, 0.2) is 73.1 Å². The molecule has 0 spiro atoms. The van der Waals surface area contributed by atoms with Gasteiger partial charge in [0, 0.05) is 29.4 Å². The minimum Gasteiger partial charge on any atom is -0.493 e. The molecular weight excluding hydrogens is 428 g/mol. The van der Waals surface area contributed by atoms with Crippen LogP contribution in [-0.4, -0.2) is 29.2 Å². The van der Waals surface area contributed by atoms with Gasteiger partial charge in [-0.25, -0.2) is 0 Å². The quantitative estimate of drug-likeness (QED) is 0.175. The Hall–Kier alpha value is -3.38. The van der Waals surface area contributed by atoms with Crippen LogP contribution in [0.2, 0.25) is 0 Å². The van der Waals surface area contributed by atoms with Crippen molar-refractivity contribution in [2.45, 2.75) is 25.9 Å². The first kappa shape index (κ1) is 23.3. The van der Waals surface area contributed by atoms with E-state index in [2.05, 4.69) is 10.3 Å². The fraction of sp³-hybridized carbons (Fsp3) is 0.240. The van der Waals surface area contributed by atoms with Crippen molar-refractivity contribution in [3.8, 4) is 11.5 Å². The molecule has 1 aromatic heterocycles. The number of halogens is 1. The molecule has 3 aromatic rings. The summed E-state index contributed by atoms with van der Waals surface area (Å²) in [5.74, 6) is 0.491. The van der Waals surface area contributed by atoms with Gasteiger partial charge < -0.3 is 14.8 Å². The molecule has 6 nitrogen and oxygen atoms in total. The average Bonchev–Trinajstić information content (AvgIpc) is 2.84. The maximum absolute atomic E-state index is 12.4. The Morgan fingerprint density at radius 3 is 2.34 bits per heavy atom. The molecule has 0 aliphatic rings. The van der Waals surface area contributed by atoms with Crippen molar-refractivity contribution in [2.24, 2.45) is 0 Å². The minimum atomic E-state index is -0.743. The third-order valence-electron chi connectivity index (χ3n) is 4.68. The molecule has 1 amide bonds. The number of Topliss-reactive ketones (excluding diaryl/α,β-unsaturated/α-hetero) is 1. The lowest BCUT2D eigenvalue weighted by atomic mass is 10.1. The highest BCUT2D eigenvalue weighted by atomic mass is 35.5. The number of carbonyl (C=O) groups excluding carboxylic acids is 2. The SMILES string of the molecule is O=C(Nc1ccccc1OCc1ccccc1OCCCCCCl)C(=O)c1ccncc1. The number of ether oxygens (including phenoxy) is 2. The minimum absolute atomic E-state index is 0.253. The van der Waals surface area contributed by atoms with Crippen LogP contribution in [0.3, 0.4) is 0 Å². The molecule has 32 heavy (non-hydrogen) atoms. The molecular formula is C25H25ClN2O4. The van der Waals surface area contributed by atoms with Gasteiger partial charge in [0.05, 0.1) is 12.3 Å². The van der Waals surface area contributed by atoms with Crippen molar-refractivity contribution in [1.82, 2.24) is 4.98 Å². The second-order valence-electron chi connectivity index (χ2n) is 7.01. The van der Waals surface area contributed by atoms with Crippen LogP contribution in [0, 0.1) is 0 Å². The molecule has 0 bridgehead atoms. The van der Waals surface area contributed by atoms with Crippen LogP contribution < -0.4 is 14.8 Å². The lowest BCUT2D eigenvalue weighted by Gasteiger charge is -2.15. The van der Waals surface area contributed by atoms with E-state index in [0.717, 1.165) is 30.6 Å². The molecule has 0 aliphatic carbocycles. The summed E-state index contributed by atoms with van der Waals surface area (Å²) >= 11 is 5.71. The molecule has 0 radical (unpaired) electrons. The van der Waals surface area contributed by atoms with Gasteiger partial charge in [0.25, 0.3) is 11.7 Å². The van der Waals surface area contributed by atoms with E-state index in [1.165, 1.54) is 24.5 Å². The Kier molecular flexibility index (Phi) is 9.07. The molecule has 3 rings (SSSR count). The first-order valence-corrected chi connectivity index (χ1v) is 11.0. The molecule has 1 N–H and O–H groups in total. The summed E-state index contributed by atoms with van der Waals surface area (Å²) in [5.41, 5.74) is 1.58. The molecule has 0 saturated heterocycles. The number of nitrogens with zero attached hydrogens (tertiary/aromatic N) is 1. The van der Waals surface area contributed by atoms with Crippen LogP contribution in [0.4, 0.5) is 5.69 Å². The normalized spacial score (nSPS) is 10.4. The second-order valence-corrected chi connectivity index (χ2v) is 7.39. The van der Waals surface area contributed by atoms with Gasteiger partial charge in [0.1, 0.15) is 18.1 Å². The maximum atomic E-state index is 12.4. The van der Waals surface area contributed by atoms with Crippen LogP contribution in [-0.2, 0) is 11.4 Å². The Morgan fingerprint density at radius 1 is 0.844 bits per heavy atom. The lowest BCUT2D eigenvalue weighted by Crippen LogP contribution is -2.23. The van der Waals surface area contributed by atoms with Crippen molar-refractivity contribution >= 4 is 29.0 Å². The predicted molar refractivity (Wildman–Crippen MR) is 124 cm³/mol. The number of pyridine rings is 1. The maximum Gasteiger partial charge on any atom is 0.296 e. The smallest absolute Gasteiger partial charge is 0.296 e. The molecule has 0 fully saturated rings. The Balaban J connectivity index is 1.62. The van der Waals surface area contributed by atoms with E-state index in [0.29, 0.717) is 23.9 Å². The van der Waals surface area contributed by atoms with E-state index in [1.54, 1.807) is 24.3 Å². The van der Waals surface area contributed by atoms with Crippen molar-refractivity contribution in [3.63, 3.8) is 0 Å². The number of amides is 1. The number of benzene rings is 2. The summed E-state index contributed by atoms with van der Waals surface area (Å²) in [7, 11) is 0. The van der Waals surface area contributed by atoms with Gasteiger partial charge in [-0.3, -0.25) is 14.6 Å². The number of carbonyl (C=O) groups is 2. The number of aromatic nitrogens is 1. The summed E-state index contributed by atoms with van der Waals surface area (Å²) in [4.78, 5) is 28.6. The highest BCUT2D eigenvalue weighted by Gasteiger charge is 2.18. The highest BCUT2D eigenvalue weighted by molar-refractivity contribution is 6.46. The fourth-order valence-electron chi connectivity index (χ4n) is 2.98. The number of hydrogen-bond donors (Lipinski definition) is 1. The molecule has 0 saturated carbocycles. The van der Waals surface area contributed by atoms with Crippen molar-refractivity contribution in [2.75, 3.05) is 17.8 Å². The number of anilines is 1. The zero-order valence-electron chi connectivity index (χ0n) is 17.6. The average molecular weight is 453 g/mol. The summed E-state index contributed by atoms with van der Waals surface area (Å²) in [6.45, 7) is 0.862. The number of nitrogens with one attached hydrogen (secondary N) is 1. The van der Waals surface area contributed by atoms with Crippen molar-refractivity contribution in [3.05, 3.63) is 84.2 Å². The summed E-state index contributed by atoms with van der Waals surface area (Å²) < 4.78 is 11.9. The van der Waals surface area contributed by atoms with Crippen LogP contribution in [0.5, 0.6) is 11.5 Å². The van der Waals surface area contributed by atoms with Gasteiger partial charge in [-0.2, -0.15) is 0 Å². The zero-order chi connectivity index (χ0) is 22.6. The number of hydrogen-bond acceptors (Lipinski definition) is 5. The van der Waals surface area contributed by atoms with Gasteiger partial charge >= 0.3 is 0 Å². The standard InChI is InChI=1S/C25H25ClN2O4/c26-14-6-1-7-17-31-22-10-4-2-8-20(22)18-32-23-11-5-3-9-21(23)28-25(30)24(29)19-12-15-27-16-13-19/h2-5,8-13,15-16H,1,6-7,14,17-18H2,(H,28,30). The largest absolute Gasteiger partial charge is 0.493 e. The topological polar surface area (TPSA) is 77.5 Å². The summed E-state index contributed by atoms with van der Waals surface area (Å²) in [6.07, 6.45) is 5.86. The Morgan fingerprint density at radius 2 is 1.56 bits per heavy atom. The van der Waals surface area contributed by atoms with Gasteiger partial charge in [-0.15, -0.1) is 11.6 Å². The van der Waals surface area contributed by atoms with Gasteiger partial charge in [0.2, 0.25) is 0 Å². The molecule has 0 atom stereocenters. The molecule has 0 aliphatic heterocycles. The highest BCUT2D eigenvalue weighted by Crippen LogP contribution is 2.27. The molecule has 0 unspecified atom stereocenters. The van der Waals surface area contributed by atoms with Crippen molar-refractivity contribution in [1.29, 1.82) is 0 Å². The number of rotatable bonds is 12. The molecule has 1 heterocycles. The summed E-state index contributed by atoms with van der Waals surface area (Å²) in [5, 5.41) is 2.64. The Labute approximate surface area is 192 Å². The first-order valence-electron chi connectivity index (χ1n) is 10.4. The first-order chi connectivity index (χ1) is 15.7. The van der Waals surface area contributed by atoms with E-state index < -0.39 is 11.7 Å². The third kappa shape index (κ3) is 6.82. The van der Waals surface area contributed by atoms with Gasteiger partial charge in [-0.1, -0.05) is 30.3 Å². The van der Waals surface area contributed by atoms with E-state index in [1.807, 2.05) is 24.3 Å². The lowest BCUT2D eigenvalue weighted by molar-refractivity contribution is -0.112. The van der Waals surface area contributed by atoms with Crippen molar-refractivity contribution < 1.29 is 19.1 Å². The zero-order valence-corrected chi connectivity index (χ0v) is 18.4. The van der Waals surface area contributed by atoms with Crippen LogP contribution >= 0.6 is 11.6 Å². The third-order valence-corrected chi connectivity index (χ3v) is 4.94. The van der Waals surface area contributed by atoms with Gasteiger partial charge in [-0.05, 0) is 49.6 Å². The number of unbranched alkanes of at least 4 members (excludes halogenated alkanes) is 2. The Bertz CT molecular complexity index is 1030. The van der Waals surface area contributed by atoms with Crippen LogP contribution in [0.25, 0.3) is 0 Å².